The number of likely N-dealkylation sites (tertiary alicyclic amines) is 1. The summed E-state index contributed by atoms with van der Waals surface area (Å²) >= 11 is 0. The molecule has 1 aliphatic rings. The highest BCUT2D eigenvalue weighted by molar-refractivity contribution is 5.74. The number of carbonyl (C=O) groups is 1. The lowest BCUT2D eigenvalue weighted by Gasteiger charge is -2.17. The van der Waals surface area contributed by atoms with Crippen molar-refractivity contribution in [1.29, 1.82) is 0 Å². The molecule has 2 amide bonds. The van der Waals surface area contributed by atoms with E-state index in [4.69, 9.17) is 4.98 Å². The SMILES string of the molecule is CCn1c(C[C@H]2CCN(C(=O)NCCc3ccccc3)C2)nc2cccnc21. The third-order valence-electron chi connectivity index (χ3n) is 5.48. The maximum atomic E-state index is 12.5. The van der Waals surface area contributed by atoms with Crippen LogP contribution in [0.15, 0.2) is 48.7 Å². The lowest BCUT2D eigenvalue weighted by Crippen LogP contribution is -2.39. The van der Waals surface area contributed by atoms with Crippen LogP contribution in [0.4, 0.5) is 4.79 Å². The Morgan fingerprint density at radius 3 is 2.89 bits per heavy atom. The fourth-order valence-electron chi connectivity index (χ4n) is 4.01. The Morgan fingerprint density at radius 2 is 2.07 bits per heavy atom. The Balaban J connectivity index is 1.31. The molecule has 3 heterocycles. The summed E-state index contributed by atoms with van der Waals surface area (Å²) in [5.74, 6) is 1.52. The number of hydrogen-bond donors (Lipinski definition) is 1. The van der Waals surface area contributed by atoms with Crippen LogP contribution in [0.2, 0.25) is 0 Å². The predicted octanol–water partition coefficient (Wildman–Crippen LogP) is 3.27. The van der Waals surface area contributed by atoms with Crippen LogP contribution in [0.25, 0.3) is 11.2 Å². The van der Waals surface area contributed by atoms with E-state index in [0.717, 1.165) is 55.9 Å². The highest BCUT2D eigenvalue weighted by Crippen LogP contribution is 2.23. The molecule has 2 aromatic heterocycles. The molecule has 4 rings (SSSR count). The molecule has 1 N–H and O–H groups in total. The van der Waals surface area contributed by atoms with Gasteiger partial charge < -0.3 is 14.8 Å². The number of pyridine rings is 1. The lowest BCUT2D eigenvalue weighted by atomic mass is 10.0. The summed E-state index contributed by atoms with van der Waals surface area (Å²) in [5.41, 5.74) is 3.15. The zero-order chi connectivity index (χ0) is 19.3. The van der Waals surface area contributed by atoms with Crippen molar-refractivity contribution in [3.05, 3.63) is 60.0 Å². The van der Waals surface area contributed by atoms with Gasteiger partial charge in [0.1, 0.15) is 11.3 Å². The Labute approximate surface area is 165 Å². The second-order valence-electron chi connectivity index (χ2n) is 7.39. The minimum Gasteiger partial charge on any atom is -0.338 e. The van der Waals surface area contributed by atoms with Crippen LogP contribution < -0.4 is 5.32 Å². The van der Waals surface area contributed by atoms with E-state index in [1.807, 2.05) is 41.4 Å². The monoisotopic (exact) mass is 377 g/mol. The molecule has 1 atom stereocenters. The zero-order valence-corrected chi connectivity index (χ0v) is 16.3. The van der Waals surface area contributed by atoms with Crippen molar-refractivity contribution in [2.75, 3.05) is 19.6 Å². The molecule has 6 nitrogen and oxygen atoms in total. The number of amides is 2. The van der Waals surface area contributed by atoms with Gasteiger partial charge in [-0.3, -0.25) is 0 Å². The van der Waals surface area contributed by atoms with Crippen molar-refractivity contribution >= 4 is 17.2 Å². The van der Waals surface area contributed by atoms with Crippen LogP contribution >= 0.6 is 0 Å². The predicted molar refractivity (Wildman–Crippen MR) is 110 cm³/mol. The minimum absolute atomic E-state index is 0.0455. The molecular formula is C22H27N5O. The standard InChI is InChI=1S/C22H27N5O/c1-2-27-20(25-19-9-6-12-23-21(19)27)15-18-11-14-26(16-18)22(28)24-13-10-17-7-4-3-5-8-17/h3-9,12,18H,2,10-11,13-16H2,1H3,(H,24,28)/t18-/m1/s1. The smallest absolute Gasteiger partial charge is 0.317 e. The van der Waals surface area contributed by atoms with E-state index in [9.17, 15) is 4.79 Å². The molecule has 6 heteroatoms. The molecule has 3 aromatic rings. The summed E-state index contributed by atoms with van der Waals surface area (Å²) in [7, 11) is 0. The number of benzene rings is 1. The molecule has 0 spiro atoms. The summed E-state index contributed by atoms with van der Waals surface area (Å²) < 4.78 is 2.19. The number of aryl methyl sites for hydroxylation is 1. The van der Waals surface area contributed by atoms with Crippen molar-refractivity contribution in [3.8, 4) is 0 Å². The molecular weight excluding hydrogens is 350 g/mol. The van der Waals surface area contributed by atoms with Crippen LogP contribution in [-0.2, 0) is 19.4 Å². The van der Waals surface area contributed by atoms with Gasteiger partial charge >= 0.3 is 6.03 Å². The Kier molecular flexibility index (Phi) is 5.55. The summed E-state index contributed by atoms with van der Waals surface area (Å²) in [6.07, 6.45) is 4.58. The number of nitrogens with zero attached hydrogens (tertiary/aromatic N) is 4. The van der Waals surface area contributed by atoms with Crippen LogP contribution in [0.5, 0.6) is 0 Å². The highest BCUT2D eigenvalue weighted by Gasteiger charge is 2.27. The van der Waals surface area contributed by atoms with Gasteiger partial charge in [-0.05, 0) is 43.4 Å². The van der Waals surface area contributed by atoms with Crippen molar-refractivity contribution < 1.29 is 4.79 Å². The third-order valence-corrected chi connectivity index (χ3v) is 5.48. The maximum absolute atomic E-state index is 12.5. The molecule has 1 aromatic carbocycles. The number of nitrogens with one attached hydrogen (secondary N) is 1. The number of imidazole rings is 1. The number of rotatable bonds is 6. The Bertz CT molecular complexity index is 937. The van der Waals surface area contributed by atoms with Gasteiger partial charge in [-0.1, -0.05) is 30.3 Å². The first kappa shape index (κ1) is 18.5. The van der Waals surface area contributed by atoms with Gasteiger partial charge in [-0.15, -0.1) is 0 Å². The molecule has 1 saturated heterocycles. The number of urea groups is 1. The van der Waals surface area contributed by atoms with E-state index in [2.05, 4.69) is 33.9 Å². The molecule has 0 unspecified atom stereocenters. The first-order chi connectivity index (χ1) is 13.7. The Morgan fingerprint density at radius 1 is 1.21 bits per heavy atom. The molecule has 1 fully saturated rings. The quantitative estimate of drug-likeness (QED) is 0.717. The van der Waals surface area contributed by atoms with Gasteiger partial charge in [0, 0.05) is 38.8 Å². The molecule has 0 saturated carbocycles. The molecule has 1 aliphatic heterocycles. The summed E-state index contributed by atoms with van der Waals surface area (Å²) in [4.78, 5) is 23.7. The number of hydrogen-bond acceptors (Lipinski definition) is 3. The largest absolute Gasteiger partial charge is 0.338 e. The number of aromatic nitrogens is 3. The van der Waals surface area contributed by atoms with Crippen LogP contribution in [0.3, 0.4) is 0 Å². The average molecular weight is 377 g/mol. The van der Waals surface area contributed by atoms with E-state index in [1.165, 1.54) is 5.56 Å². The van der Waals surface area contributed by atoms with Gasteiger partial charge in [0.15, 0.2) is 5.65 Å². The van der Waals surface area contributed by atoms with Gasteiger partial charge in [0.05, 0.1) is 0 Å². The van der Waals surface area contributed by atoms with Crippen molar-refractivity contribution in [1.82, 2.24) is 24.8 Å². The fourth-order valence-corrected chi connectivity index (χ4v) is 4.01. The van der Waals surface area contributed by atoms with Crippen molar-refractivity contribution in [2.45, 2.75) is 32.7 Å². The van der Waals surface area contributed by atoms with Crippen LogP contribution in [0.1, 0.15) is 24.7 Å². The summed E-state index contributed by atoms with van der Waals surface area (Å²) in [5, 5.41) is 3.06. The van der Waals surface area contributed by atoms with Crippen molar-refractivity contribution in [3.63, 3.8) is 0 Å². The lowest BCUT2D eigenvalue weighted by molar-refractivity contribution is 0.207. The van der Waals surface area contributed by atoms with Gasteiger partial charge in [-0.25, -0.2) is 14.8 Å². The van der Waals surface area contributed by atoms with Crippen LogP contribution in [0, 0.1) is 5.92 Å². The second kappa shape index (κ2) is 8.42. The minimum atomic E-state index is 0.0455. The molecule has 0 radical (unpaired) electrons. The van der Waals surface area contributed by atoms with Gasteiger partial charge in [-0.2, -0.15) is 0 Å². The molecule has 146 valence electrons. The zero-order valence-electron chi connectivity index (χ0n) is 16.3. The fraction of sp³-hybridized carbons (Fsp3) is 0.409. The normalized spacial score (nSPS) is 16.6. The topological polar surface area (TPSA) is 63.1 Å². The first-order valence-electron chi connectivity index (χ1n) is 10.1. The van der Waals surface area contributed by atoms with Crippen LogP contribution in [-0.4, -0.2) is 45.1 Å². The summed E-state index contributed by atoms with van der Waals surface area (Å²) in [6.45, 7) is 5.25. The average Bonchev–Trinajstić information content (AvgIpc) is 3.33. The van der Waals surface area contributed by atoms with E-state index >= 15 is 0 Å². The first-order valence-corrected chi connectivity index (χ1v) is 10.1. The second-order valence-corrected chi connectivity index (χ2v) is 7.39. The van der Waals surface area contributed by atoms with E-state index in [-0.39, 0.29) is 6.03 Å². The molecule has 0 bridgehead atoms. The van der Waals surface area contributed by atoms with E-state index < -0.39 is 0 Å². The van der Waals surface area contributed by atoms with Gasteiger partial charge in [0.25, 0.3) is 0 Å². The van der Waals surface area contributed by atoms with Crippen molar-refractivity contribution in [2.24, 2.45) is 5.92 Å². The molecule has 0 aliphatic carbocycles. The number of carbonyl (C=O) groups excluding carboxylic acids is 1. The third kappa shape index (κ3) is 4.01. The van der Waals surface area contributed by atoms with E-state index in [0.29, 0.717) is 12.5 Å². The molecule has 28 heavy (non-hydrogen) atoms. The van der Waals surface area contributed by atoms with E-state index in [1.54, 1.807) is 0 Å². The maximum Gasteiger partial charge on any atom is 0.317 e. The number of fused-ring (bicyclic) bond motifs is 1. The van der Waals surface area contributed by atoms with Gasteiger partial charge in [0.2, 0.25) is 0 Å². The summed E-state index contributed by atoms with van der Waals surface area (Å²) in [6, 6.07) is 14.2. The Hall–Kier alpha value is -2.89. The highest BCUT2D eigenvalue weighted by atomic mass is 16.2.